The molecule has 5 atom stereocenters. The average Bonchev–Trinajstić information content (AvgIpc) is 3.01. The first-order valence-corrected chi connectivity index (χ1v) is 8.45. The van der Waals surface area contributed by atoms with Crippen molar-refractivity contribution >= 4 is 15.9 Å². The quantitative estimate of drug-likeness (QED) is 0.829. The molecule has 1 aromatic rings. The van der Waals surface area contributed by atoms with Gasteiger partial charge in [-0.1, -0.05) is 40.5 Å². The molecule has 0 aromatic heterocycles. The molecular formula is C17H24BrN. The fourth-order valence-corrected chi connectivity index (χ4v) is 4.97. The third kappa shape index (κ3) is 2.75. The topological polar surface area (TPSA) is 12.0 Å². The Morgan fingerprint density at radius 2 is 1.95 bits per heavy atom. The predicted molar refractivity (Wildman–Crippen MR) is 84.1 cm³/mol. The first-order valence-electron chi connectivity index (χ1n) is 7.65. The molecule has 1 aromatic carbocycles. The summed E-state index contributed by atoms with van der Waals surface area (Å²) in [6, 6.07) is 9.62. The normalized spacial score (nSPS) is 32.5. The van der Waals surface area contributed by atoms with E-state index in [-0.39, 0.29) is 0 Å². The molecule has 0 heterocycles. The Hall–Kier alpha value is -0.340. The van der Waals surface area contributed by atoms with Crippen LogP contribution in [0.4, 0.5) is 0 Å². The minimum atomic E-state index is 0.421. The maximum absolute atomic E-state index is 3.83. The third-order valence-electron chi connectivity index (χ3n) is 5.32. The van der Waals surface area contributed by atoms with Gasteiger partial charge in [-0.25, -0.2) is 0 Å². The molecule has 1 nitrogen and oxygen atoms in total. The fraction of sp³-hybridized carbons (Fsp3) is 0.647. The monoisotopic (exact) mass is 321 g/mol. The lowest BCUT2D eigenvalue weighted by atomic mass is 9.83. The van der Waals surface area contributed by atoms with Gasteiger partial charge in [-0.3, -0.25) is 0 Å². The highest BCUT2D eigenvalue weighted by Crippen LogP contribution is 2.49. The molecule has 1 N–H and O–H groups in total. The van der Waals surface area contributed by atoms with Crippen LogP contribution in [-0.2, 0) is 0 Å². The van der Waals surface area contributed by atoms with Gasteiger partial charge in [0.1, 0.15) is 0 Å². The van der Waals surface area contributed by atoms with Crippen molar-refractivity contribution in [1.82, 2.24) is 5.32 Å². The second-order valence-electron chi connectivity index (χ2n) is 6.54. The van der Waals surface area contributed by atoms with Crippen LogP contribution in [0.15, 0.2) is 28.7 Å². The Morgan fingerprint density at radius 1 is 1.16 bits per heavy atom. The van der Waals surface area contributed by atoms with Crippen LogP contribution in [-0.4, -0.2) is 6.04 Å². The molecule has 2 bridgehead atoms. The van der Waals surface area contributed by atoms with Gasteiger partial charge in [0.05, 0.1) is 0 Å². The smallest absolute Gasteiger partial charge is 0.0305 e. The Kier molecular flexibility index (Phi) is 4.00. The van der Waals surface area contributed by atoms with E-state index < -0.39 is 0 Å². The van der Waals surface area contributed by atoms with Gasteiger partial charge in [-0.05, 0) is 62.5 Å². The second-order valence-corrected chi connectivity index (χ2v) is 7.39. The predicted octanol–water partition coefficient (Wildman–Crippen LogP) is 4.92. The minimum Gasteiger partial charge on any atom is -0.307 e. The molecule has 0 saturated heterocycles. The zero-order valence-electron chi connectivity index (χ0n) is 11.9. The summed E-state index contributed by atoms with van der Waals surface area (Å²) in [4.78, 5) is 0. The molecule has 2 heteroatoms. The van der Waals surface area contributed by atoms with Crippen molar-refractivity contribution in [3.05, 3.63) is 34.3 Å². The van der Waals surface area contributed by atoms with Crippen molar-refractivity contribution in [1.29, 1.82) is 0 Å². The highest BCUT2D eigenvalue weighted by atomic mass is 79.9. The Morgan fingerprint density at radius 3 is 2.58 bits per heavy atom. The van der Waals surface area contributed by atoms with Crippen LogP contribution < -0.4 is 5.32 Å². The average molecular weight is 322 g/mol. The molecule has 19 heavy (non-hydrogen) atoms. The van der Waals surface area contributed by atoms with Gasteiger partial charge in [0.25, 0.3) is 0 Å². The Balaban J connectivity index is 1.63. The number of nitrogens with one attached hydrogen (secondary N) is 1. The number of hydrogen-bond donors (Lipinski definition) is 1. The molecule has 2 saturated carbocycles. The third-order valence-corrected chi connectivity index (χ3v) is 6.04. The van der Waals surface area contributed by atoms with Gasteiger partial charge >= 0.3 is 0 Å². The first kappa shape index (κ1) is 13.6. The summed E-state index contributed by atoms with van der Waals surface area (Å²) in [5.41, 5.74) is 1.37. The number of hydrogen-bond acceptors (Lipinski definition) is 1. The van der Waals surface area contributed by atoms with Crippen LogP contribution in [0, 0.1) is 17.8 Å². The maximum atomic E-state index is 3.83. The van der Waals surface area contributed by atoms with Gasteiger partial charge in [0, 0.05) is 16.6 Å². The molecule has 0 amide bonds. The molecule has 2 fully saturated rings. The Bertz CT molecular complexity index is 445. The van der Waals surface area contributed by atoms with Crippen molar-refractivity contribution in [3.8, 4) is 0 Å². The van der Waals surface area contributed by atoms with Crippen molar-refractivity contribution < 1.29 is 0 Å². The van der Waals surface area contributed by atoms with E-state index >= 15 is 0 Å². The van der Waals surface area contributed by atoms with E-state index in [0.717, 1.165) is 17.8 Å². The molecule has 0 radical (unpaired) electrons. The zero-order chi connectivity index (χ0) is 13.4. The van der Waals surface area contributed by atoms with E-state index in [1.807, 2.05) is 0 Å². The highest BCUT2D eigenvalue weighted by Gasteiger charge is 2.41. The first-order chi connectivity index (χ1) is 9.15. The number of benzene rings is 1. The molecule has 5 unspecified atom stereocenters. The van der Waals surface area contributed by atoms with E-state index in [9.17, 15) is 0 Å². The van der Waals surface area contributed by atoms with Crippen LogP contribution in [0.25, 0.3) is 0 Å². The molecule has 3 rings (SSSR count). The summed E-state index contributed by atoms with van der Waals surface area (Å²) in [6.45, 7) is 4.67. The molecule has 0 spiro atoms. The maximum Gasteiger partial charge on any atom is 0.0305 e. The van der Waals surface area contributed by atoms with Crippen molar-refractivity contribution in [2.45, 2.75) is 51.6 Å². The summed E-state index contributed by atoms with van der Waals surface area (Å²) >= 11 is 3.66. The van der Waals surface area contributed by atoms with Crippen molar-refractivity contribution in [2.24, 2.45) is 17.8 Å². The van der Waals surface area contributed by atoms with Crippen molar-refractivity contribution in [3.63, 3.8) is 0 Å². The van der Waals surface area contributed by atoms with E-state index in [1.165, 1.54) is 35.7 Å². The standard InChI is InChI=1S/C17H24BrN/c1-11(15-5-3-4-6-17(15)18)19-12(2)16-10-13-7-8-14(16)9-13/h3-6,11-14,16,19H,7-10H2,1-2H3. The van der Waals surface area contributed by atoms with Crippen LogP contribution in [0.2, 0.25) is 0 Å². The summed E-state index contributed by atoms with van der Waals surface area (Å²) in [7, 11) is 0. The lowest BCUT2D eigenvalue weighted by Crippen LogP contribution is -2.37. The van der Waals surface area contributed by atoms with Crippen LogP contribution >= 0.6 is 15.9 Å². The molecule has 104 valence electrons. The molecule has 2 aliphatic carbocycles. The van der Waals surface area contributed by atoms with Gasteiger partial charge in [0.15, 0.2) is 0 Å². The van der Waals surface area contributed by atoms with Crippen molar-refractivity contribution in [2.75, 3.05) is 0 Å². The van der Waals surface area contributed by atoms with Crippen LogP contribution in [0.3, 0.4) is 0 Å². The van der Waals surface area contributed by atoms with Gasteiger partial charge in [0.2, 0.25) is 0 Å². The van der Waals surface area contributed by atoms with Crippen LogP contribution in [0.5, 0.6) is 0 Å². The summed E-state index contributed by atoms with van der Waals surface area (Å²) in [5.74, 6) is 2.95. The summed E-state index contributed by atoms with van der Waals surface area (Å²) < 4.78 is 1.22. The van der Waals surface area contributed by atoms with E-state index in [0.29, 0.717) is 12.1 Å². The molecule has 2 aliphatic rings. The summed E-state index contributed by atoms with van der Waals surface area (Å²) in [6.07, 6.45) is 5.93. The second kappa shape index (κ2) is 5.57. The number of rotatable bonds is 4. The van der Waals surface area contributed by atoms with E-state index in [4.69, 9.17) is 0 Å². The fourth-order valence-electron chi connectivity index (χ4n) is 4.34. The number of fused-ring (bicyclic) bond motifs is 2. The minimum absolute atomic E-state index is 0.421. The molecular weight excluding hydrogens is 298 g/mol. The van der Waals surface area contributed by atoms with Crippen LogP contribution in [0.1, 0.15) is 51.1 Å². The molecule has 0 aliphatic heterocycles. The lowest BCUT2D eigenvalue weighted by molar-refractivity contribution is 0.248. The Labute approximate surface area is 125 Å². The SMILES string of the molecule is CC(NC(C)C1CC2CCC1C2)c1ccccc1Br. The lowest BCUT2D eigenvalue weighted by Gasteiger charge is -2.31. The highest BCUT2D eigenvalue weighted by molar-refractivity contribution is 9.10. The number of halogens is 1. The van der Waals surface area contributed by atoms with Gasteiger partial charge < -0.3 is 5.32 Å². The van der Waals surface area contributed by atoms with Gasteiger partial charge in [-0.15, -0.1) is 0 Å². The summed E-state index contributed by atoms with van der Waals surface area (Å²) in [5, 5.41) is 3.83. The van der Waals surface area contributed by atoms with E-state index in [1.54, 1.807) is 0 Å². The van der Waals surface area contributed by atoms with Gasteiger partial charge in [-0.2, -0.15) is 0 Å². The largest absolute Gasteiger partial charge is 0.307 e. The van der Waals surface area contributed by atoms with E-state index in [2.05, 4.69) is 59.4 Å². The zero-order valence-corrected chi connectivity index (χ0v) is 13.5.